The molecule has 2 rings (SSSR count). The fraction of sp³-hybridized carbons (Fsp3) is 0.267. The fourth-order valence-corrected chi connectivity index (χ4v) is 1.77. The Kier molecular flexibility index (Phi) is 3.95. The minimum Gasteiger partial charge on any atom is -0.488 e. The topological polar surface area (TPSA) is 42.4 Å². The average molecular weight is 243 g/mol. The highest BCUT2D eigenvalue weighted by molar-refractivity contribution is 5.38. The molecule has 1 aromatic carbocycles. The lowest BCUT2D eigenvalue weighted by Crippen LogP contribution is -2.01. The molecule has 1 N–H and O–H groups in total. The van der Waals surface area contributed by atoms with Crippen molar-refractivity contribution < 1.29 is 9.84 Å². The van der Waals surface area contributed by atoms with E-state index in [4.69, 9.17) is 4.74 Å². The molecule has 0 aliphatic rings. The number of ether oxygens (including phenoxy) is 1. The number of aliphatic hydroxyl groups is 1. The number of benzene rings is 1. The van der Waals surface area contributed by atoms with Gasteiger partial charge in [0.05, 0.1) is 6.10 Å². The van der Waals surface area contributed by atoms with Gasteiger partial charge in [0.1, 0.15) is 12.4 Å². The highest BCUT2D eigenvalue weighted by Gasteiger charge is 2.09. The Bertz CT molecular complexity index is 509. The van der Waals surface area contributed by atoms with Gasteiger partial charge < -0.3 is 9.84 Å². The molecule has 0 radical (unpaired) electrons. The quantitative estimate of drug-likeness (QED) is 0.897. The number of pyridine rings is 1. The first-order valence-corrected chi connectivity index (χ1v) is 5.97. The number of aryl methyl sites for hydroxylation is 1. The summed E-state index contributed by atoms with van der Waals surface area (Å²) in [5.41, 5.74) is 2.94. The van der Waals surface area contributed by atoms with Crippen molar-refractivity contribution in [2.45, 2.75) is 26.6 Å². The van der Waals surface area contributed by atoms with Crippen molar-refractivity contribution in [2.75, 3.05) is 0 Å². The second-order valence-electron chi connectivity index (χ2n) is 4.37. The maximum Gasteiger partial charge on any atom is 0.125 e. The largest absolute Gasteiger partial charge is 0.488 e. The van der Waals surface area contributed by atoms with Gasteiger partial charge in [-0.25, -0.2) is 0 Å². The molecule has 0 aliphatic carbocycles. The molecule has 0 spiro atoms. The van der Waals surface area contributed by atoms with Crippen LogP contribution < -0.4 is 4.74 Å². The monoisotopic (exact) mass is 243 g/mol. The van der Waals surface area contributed by atoms with E-state index in [1.54, 1.807) is 19.3 Å². The maximum absolute atomic E-state index is 9.73. The molecule has 0 amide bonds. The van der Waals surface area contributed by atoms with Gasteiger partial charge >= 0.3 is 0 Å². The summed E-state index contributed by atoms with van der Waals surface area (Å²) < 4.78 is 5.74. The summed E-state index contributed by atoms with van der Waals surface area (Å²) in [6.07, 6.45) is 2.97. The van der Waals surface area contributed by atoms with Crippen molar-refractivity contribution in [1.29, 1.82) is 0 Å². The number of hydrogen-bond acceptors (Lipinski definition) is 3. The van der Waals surface area contributed by atoms with Crippen molar-refractivity contribution in [1.82, 2.24) is 4.98 Å². The number of nitrogens with zero attached hydrogens (tertiary/aromatic N) is 1. The summed E-state index contributed by atoms with van der Waals surface area (Å²) in [7, 11) is 0. The van der Waals surface area contributed by atoms with Crippen LogP contribution >= 0.6 is 0 Å². The summed E-state index contributed by atoms with van der Waals surface area (Å²) in [6, 6.07) is 9.66. The van der Waals surface area contributed by atoms with Crippen molar-refractivity contribution in [2.24, 2.45) is 0 Å². The minimum atomic E-state index is -0.534. The fourth-order valence-electron chi connectivity index (χ4n) is 1.77. The second kappa shape index (κ2) is 5.65. The third kappa shape index (κ3) is 3.08. The molecule has 0 saturated heterocycles. The Hall–Kier alpha value is -1.87. The van der Waals surface area contributed by atoms with Gasteiger partial charge in [-0.15, -0.1) is 0 Å². The van der Waals surface area contributed by atoms with E-state index in [-0.39, 0.29) is 0 Å². The van der Waals surface area contributed by atoms with Crippen LogP contribution in [-0.2, 0) is 6.61 Å². The summed E-state index contributed by atoms with van der Waals surface area (Å²) in [6.45, 7) is 4.19. The molecular formula is C15H17NO2. The summed E-state index contributed by atoms with van der Waals surface area (Å²) in [4.78, 5) is 4.04. The smallest absolute Gasteiger partial charge is 0.125 e. The first-order chi connectivity index (χ1) is 8.66. The van der Waals surface area contributed by atoms with E-state index in [2.05, 4.69) is 4.98 Å². The summed E-state index contributed by atoms with van der Waals surface area (Å²) in [5, 5.41) is 9.73. The molecule has 0 bridgehead atoms. The molecule has 94 valence electrons. The Morgan fingerprint density at radius 1 is 1.33 bits per heavy atom. The van der Waals surface area contributed by atoms with Crippen LogP contribution in [0.5, 0.6) is 5.75 Å². The van der Waals surface area contributed by atoms with Crippen molar-refractivity contribution in [3.8, 4) is 5.75 Å². The zero-order chi connectivity index (χ0) is 13.0. The predicted octanol–water partition coefficient (Wildman–Crippen LogP) is 3.02. The second-order valence-corrected chi connectivity index (χ2v) is 4.37. The maximum atomic E-state index is 9.73. The average Bonchev–Trinajstić information content (AvgIpc) is 2.38. The Labute approximate surface area is 107 Å². The molecule has 3 heteroatoms. The SMILES string of the molecule is Cc1ccc(OCc2cccnc2)c([C@H](C)O)c1. The first kappa shape index (κ1) is 12.6. The summed E-state index contributed by atoms with van der Waals surface area (Å²) >= 11 is 0. The number of aliphatic hydroxyl groups excluding tert-OH is 1. The summed E-state index contributed by atoms with van der Waals surface area (Å²) in [5.74, 6) is 0.722. The molecule has 0 fully saturated rings. The predicted molar refractivity (Wildman–Crippen MR) is 70.4 cm³/mol. The van der Waals surface area contributed by atoms with Gasteiger partial charge in [-0.3, -0.25) is 4.98 Å². The molecule has 0 aliphatic heterocycles. The molecule has 2 aromatic rings. The van der Waals surface area contributed by atoms with Crippen LogP contribution in [0.1, 0.15) is 29.7 Å². The zero-order valence-electron chi connectivity index (χ0n) is 10.6. The van der Waals surface area contributed by atoms with Crippen LogP contribution in [0, 0.1) is 6.92 Å². The van der Waals surface area contributed by atoms with E-state index >= 15 is 0 Å². The van der Waals surface area contributed by atoms with Gasteiger partial charge in [-0.05, 0) is 32.0 Å². The first-order valence-electron chi connectivity index (χ1n) is 5.97. The molecule has 0 saturated carbocycles. The van der Waals surface area contributed by atoms with E-state index in [1.807, 2.05) is 37.3 Å². The van der Waals surface area contributed by atoms with Crippen LogP contribution in [0.4, 0.5) is 0 Å². The molecule has 3 nitrogen and oxygen atoms in total. The molecule has 18 heavy (non-hydrogen) atoms. The van der Waals surface area contributed by atoms with E-state index in [0.29, 0.717) is 6.61 Å². The Morgan fingerprint density at radius 2 is 2.17 bits per heavy atom. The standard InChI is InChI=1S/C15H17NO2/c1-11-5-6-15(14(8-11)12(2)17)18-10-13-4-3-7-16-9-13/h3-9,12,17H,10H2,1-2H3/t12-/m0/s1. The van der Waals surface area contributed by atoms with Crippen LogP contribution in [0.2, 0.25) is 0 Å². The lowest BCUT2D eigenvalue weighted by molar-refractivity contribution is 0.190. The van der Waals surface area contributed by atoms with Gasteiger partial charge in [0, 0.05) is 23.5 Å². The van der Waals surface area contributed by atoms with Crippen LogP contribution in [0.15, 0.2) is 42.7 Å². The van der Waals surface area contributed by atoms with Crippen LogP contribution in [0.25, 0.3) is 0 Å². The van der Waals surface area contributed by atoms with Gasteiger partial charge in [0.25, 0.3) is 0 Å². The van der Waals surface area contributed by atoms with Gasteiger partial charge in [0.15, 0.2) is 0 Å². The van der Waals surface area contributed by atoms with Crippen LogP contribution in [-0.4, -0.2) is 10.1 Å². The normalized spacial score (nSPS) is 12.2. The lowest BCUT2D eigenvalue weighted by Gasteiger charge is -2.14. The zero-order valence-corrected chi connectivity index (χ0v) is 10.6. The van der Waals surface area contributed by atoms with Gasteiger partial charge in [-0.1, -0.05) is 17.7 Å². The number of rotatable bonds is 4. The molecule has 1 heterocycles. The minimum absolute atomic E-state index is 0.455. The highest BCUT2D eigenvalue weighted by atomic mass is 16.5. The highest BCUT2D eigenvalue weighted by Crippen LogP contribution is 2.26. The number of aromatic nitrogens is 1. The molecular weight excluding hydrogens is 226 g/mol. The number of hydrogen-bond donors (Lipinski definition) is 1. The van der Waals surface area contributed by atoms with Gasteiger partial charge in [0.2, 0.25) is 0 Å². The van der Waals surface area contributed by atoms with Crippen molar-refractivity contribution in [3.05, 3.63) is 59.4 Å². The molecule has 1 aromatic heterocycles. The van der Waals surface area contributed by atoms with Gasteiger partial charge in [-0.2, -0.15) is 0 Å². The Morgan fingerprint density at radius 3 is 2.83 bits per heavy atom. The van der Waals surface area contributed by atoms with E-state index in [9.17, 15) is 5.11 Å². The lowest BCUT2D eigenvalue weighted by atomic mass is 10.1. The van der Waals surface area contributed by atoms with Crippen molar-refractivity contribution in [3.63, 3.8) is 0 Å². The Balaban J connectivity index is 2.14. The van der Waals surface area contributed by atoms with Crippen molar-refractivity contribution >= 4 is 0 Å². The third-order valence-electron chi connectivity index (χ3n) is 2.73. The third-order valence-corrected chi connectivity index (χ3v) is 2.73. The molecule has 1 atom stereocenters. The van der Waals surface area contributed by atoms with Crippen LogP contribution in [0.3, 0.4) is 0 Å². The van der Waals surface area contributed by atoms with E-state index in [1.165, 1.54) is 0 Å². The van der Waals surface area contributed by atoms with E-state index < -0.39 is 6.10 Å². The molecule has 0 unspecified atom stereocenters. The van der Waals surface area contributed by atoms with E-state index in [0.717, 1.165) is 22.4 Å².